The van der Waals surface area contributed by atoms with E-state index in [9.17, 15) is 29.4 Å². The van der Waals surface area contributed by atoms with Crippen molar-refractivity contribution in [1.82, 2.24) is 10.6 Å². The molecule has 0 amide bonds. The molecule has 1 aliphatic heterocycles. The van der Waals surface area contributed by atoms with Crippen LogP contribution in [0.4, 0.5) is 0 Å². The Labute approximate surface area is 217 Å². The zero-order chi connectivity index (χ0) is 26.5. The summed E-state index contributed by atoms with van der Waals surface area (Å²) in [6, 6.07) is -0.392. The molecule has 35 heavy (non-hydrogen) atoms. The Balaban J connectivity index is 2.86. The van der Waals surface area contributed by atoms with Crippen LogP contribution in [-0.2, 0) is 19.2 Å². The maximum Gasteiger partial charge on any atom is 0.149 e. The van der Waals surface area contributed by atoms with Gasteiger partial charge in [0.05, 0.1) is 29.2 Å². The van der Waals surface area contributed by atoms with Gasteiger partial charge < -0.3 is 20.8 Å². The lowest BCUT2D eigenvalue weighted by atomic mass is 9.86. The molecule has 1 heterocycles. The number of Topliss-reactive ketones (excluding diaryl/α,β-unsaturated/α-hetero) is 4. The van der Waals surface area contributed by atoms with Gasteiger partial charge in [-0.1, -0.05) is 35.4 Å². The summed E-state index contributed by atoms with van der Waals surface area (Å²) in [7, 11) is 4.58. The van der Waals surface area contributed by atoms with Gasteiger partial charge in [0.1, 0.15) is 23.1 Å². The molecule has 8 nitrogen and oxygen atoms in total. The monoisotopic (exact) mass is 532 g/mol. The number of hydrogen-bond donors (Lipinski definition) is 4. The van der Waals surface area contributed by atoms with E-state index in [-0.39, 0.29) is 53.9 Å². The number of aliphatic hydroxyl groups is 2. The number of carbonyl (C=O) groups excluding carboxylic acids is 4. The van der Waals surface area contributed by atoms with E-state index < -0.39 is 29.2 Å². The Morgan fingerprint density at radius 1 is 1.17 bits per heavy atom. The zero-order valence-electron chi connectivity index (χ0n) is 21.7. The first kappa shape index (κ1) is 32.2. The quantitative estimate of drug-likeness (QED) is 0.207. The lowest BCUT2D eigenvalue weighted by molar-refractivity contribution is -0.124. The molecule has 0 aromatic carbocycles. The molecule has 202 valence electrons. The van der Waals surface area contributed by atoms with Crippen LogP contribution in [0.5, 0.6) is 0 Å². The van der Waals surface area contributed by atoms with Crippen LogP contribution in [0.25, 0.3) is 0 Å². The van der Waals surface area contributed by atoms with Gasteiger partial charge in [0.15, 0.2) is 0 Å². The van der Waals surface area contributed by atoms with Crippen molar-refractivity contribution in [3.05, 3.63) is 0 Å². The fourth-order valence-corrected chi connectivity index (χ4v) is 7.37. The van der Waals surface area contributed by atoms with E-state index in [0.717, 1.165) is 0 Å². The van der Waals surface area contributed by atoms with Gasteiger partial charge in [-0.25, -0.2) is 0 Å². The molecule has 0 radical (unpaired) electrons. The van der Waals surface area contributed by atoms with Gasteiger partial charge in [-0.2, -0.15) is 0 Å². The first-order valence-electron chi connectivity index (χ1n) is 12.6. The topological polar surface area (TPSA) is 133 Å². The van der Waals surface area contributed by atoms with Gasteiger partial charge in [-0.3, -0.25) is 19.2 Å². The van der Waals surface area contributed by atoms with Gasteiger partial charge in [0.25, 0.3) is 0 Å². The Kier molecular flexibility index (Phi) is 15.5. The second-order valence-electron chi connectivity index (χ2n) is 10.0. The lowest BCUT2D eigenvalue weighted by Crippen LogP contribution is -2.40. The molecule has 1 fully saturated rings. The molecule has 0 bridgehead atoms. The van der Waals surface area contributed by atoms with Crippen LogP contribution in [0.1, 0.15) is 66.2 Å². The summed E-state index contributed by atoms with van der Waals surface area (Å²) in [6.45, 7) is 7.58. The van der Waals surface area contributed by atoms with E-state index in [1.807, 2.05) is 13.8 Å². The van der Waals surface area contributed by atoms with Crippen molar-refractivity contribution in [3.8, 4) is 0 Å². The highest BCUT2D eigenvalue weighted by Gasteiger charge is 2.38. The van der Waals surface area contributed by atoms with Crippen molar-refractivity contribution in [3.63, 3.8) is 0 Å². The van der Waals surface area contributed by atoms with Crippen molar-refractivity contribution < 1.29 is 29.4 Å². The van der Waals surface area contributed by atoms with Crippen LogP contribution in [-0.4, -0.2) is 82.7 Å². The molecule has 1 aliphatic rings. The van der Waals surface area contributed by atoms with Crippen molar-refractivity contribution in [1.29, 1.82) is 0 Å². The molecule has 1 rings (SSSR count). The second kappa shape index (κ2) is 16.9. The highest BCUT2D eigenvalue weighted by Crippen LogP contribution is 2.44. The number of ketones is 4. The number of rotatable bonds is 17. The highest BCUT2D eigenvalue weighted by molar-refractivity contribution is 8.77. The molecule has 0 spiro atoms. The van der Waals surface area contributed by atoms with E-state index in [1.165, 1.54) is 28.5 Å². The molecule has 0 aliphatic carbocycles. The molecule has 10 heteroatoms. The zero-order valence-corrected chi connectivity index (χ0v) is 23.4. The Morgan fingerprint density at radius 2 is 1.86 bits per heavy atom. The molecule has 2 unspecified atom stereocenters. The highest BCUT2D eigenvalue weighted by atomic mass is 33.1. The summed E-state index contributed by atoms with van der Waals surface area (Å²) in [5.74, 6) is -0.630. The van der Waals surface area contributed by atoms with Gasteiger partial charge in [0.2, 0.25) is 0 Å². The molecule has 6 atom stereocenters. The van der Waals surface area contributed by atoms with E-state index in [0.29, 0.717) is 38.6 Å². The van der Waals surface area contributed by atoms with Gasteiger partial charge in [-0.15, -0.1) is 0 Å². The summed E-state index contributed by atoms with van der Waals surface area (Å²) in [5, 5.41) is 24.8. The fraction of sp³-hybridized carbons (Fsp3) is 0.840. The second-order valence-corrected chi connectivity index (χ2v) is 12.7. The SMILES string of the molecule is CNCC[C@H](NCC(=O)CC[C@@H]1CC(C(=O)CC(C)C)SSC(C[C@H](CO)[C@@H](C)O)C1=O)C(C)=O. The summed E-state index contributed by atoms with van der Waals surface area (Å²) < 4.78 is 0. The Hall–Kier alpha value is -0.780. The predicted molar refractivity (Wildman–Crippen MR) is 142 cm³/mol. The van der Waals surface area contributed by atoms with Crippen LogP contribution in [0, 0.1) is 17.8 Å². The summed E-state index contributed by atoms with van der Waals surface area (Å²) in [5.41, 5.74) is 0. The molecular weight excluding hydrogens is 488 g/mol. The molecule has 0 aromatic heterocycles. The lowest BCUT2D eigenvalue weighted by Gasteiger charge is -2.23. The maximum atomic E-state index is 13.4. The van der Waals surface area contributed by atoms with E-state index >= 15 is 0 Å². The van der Waals surface area contributed by atoms with Crippen molar-refractivity contribution in [2.24, 2.45) is 17.8 Å². The van der Waals surface area contributed by atoms with E-state index in [4.69, 9.17) is 0 Å². The smallest absolute Gasteiger partial charge is 0.149 e. The first-order valence-corrected chi connectivity index (χ1v) is 14.8. The van der Waals surface area contributed by atoms with Crippen LogP contribution in [0.15, 0.2) is 0 Å². The summed E-state index contributed by atoms with van der Waals surface area (Å²) in [6.07, 6.45) is 1.55. The van der Waals surface area contributed by atoms with Crippen molar-refractivity contribution >= 4 is 44.7 Å². The Morgan fingerprint density at radius 3 is 2.40 bits per heavy atom. The Bertz CT molecular complexity index is 703. The normalized spacial score (nSPS) is 23.5. The van der Waals surface area contributed by atoms with Crippen molar-refractivity contribution in [2.75, 3.05) is 26.7 Å². The van der Waals surface area contributed by atoms with Crippen LogP contribution in [0.3, 0.4) is 0 Å². The predicted octanol–water partition coefficient (Wildman–Crippen LogP) is 2.19. The fourth-order valence-electron chi connectivity index (χ4n) is 4.09. The third kappa shape index (κ3) is 11.9. The molecule has 4 N–H and O–H groups in total. The molecule has 1 saturated heterocycles. The van der Waals surface area contributed by atoms with Crippen LogP contribution in [0.2, 0.25) is 0 Å². The van der Waals surface area contributed by atoms with Gasteiger partial charge >= 0.3 is 0 Å². The third-order valence-electron chi connectivity index (χ3n) is 6.40. The van der Waals surface area contributed by atoms with Gasteiger partial charge in [0, 0.05) is 31.3 Å². The van der Waals surface area contributed by atoms with Crippen molar-refractivity contribution in [2.45, 2.75) is 88.9 Å². The average molecular weight is 533 g/mol. The van der Waals surface area contributed by atoms with E-state index in [1.54, 1.807) is 14.0 Å². The summed E-state index contributed by atoms with van der Waals surface area (Å²) >= 11 is 0. The van der Waals surface area contributed by atoms with Gasteiger partial charge in [-0.05, 0) is 59.0 Å². The van der Waals surface area contributed by atoms with E-state index in [2.05, 4.69) is 10.6 Å². The number of hydrogen-bond acceptors (Lipinski definition) is 10. The van der Waals surface area contributed by atoms with Crippen LogP contribution < -0.4 is 10.6 Å². The average Bonchev–Trinajstić information content (AvgIpc) is 2.93. The number of aliphatic hydroxyl groups excluding tert-OH is 2. The maximum absolute atomic E-state index is 13.4. The van der Waals surface area contributed by atoms with Crippen LogP contribution >= 0.6 is 21.6 Å². The summed E-state index contributed by atoms with van der Waals surface area (Å²) in [4.78, 5) is 50.6. The minimum atomic E-state index is -0.747. The molecular formula is C25H44N2O6S2. The standard InChI is InChI=1S/C25H44N2O6S2/c1-15(2)10-22(32)23-11-18(25(33)24(35-34-23)12-19(14-28)16(3)29)6-7-20(31)13-27-21(17(4)30)8-9-26-5/h15-16,18-19,21,23-24,26-29H,6-14H2,1-5H3/t16-,18-,19-,21+,23?,24?/m1/s1. The largest absolute Gasteiger partial charge is 0.396 e. The minimum Gasteiger partial charge on any atom is -0.396 e. The third-order valence-corrected chi connectivity index (χ3v) is 9.58. The molecule has 0 aromatic rings. The number of carbonyl (C=O) groups is 4. The molecule has 0 saturated carbocycles. The minimum absolute atomic E-state index is 0.0159. The number of nitrogens with one attached hydrogen (secondary N) is 2. The first-order chi connectivity index (χ1) is 16.5.